The largest absolute Gasteiger partial charge is 0.488 e. The van der Waals surface area contributed by atoms with Crippen LogP contribution in [-0.4, -0.2) is 122 Å². The zero-order chi connectivity index (χ0) is 28.7. The predicted molar refractivity (Wildman–Crippen MR) is 129 cm³/mol. The number of hydrogen-bond donors (Lipinski definition) is 6. The summed E-state index contributed by atoms with van der Waals surface area (Å²) in [5.74, 6) is -4.59. The van der Waals surface area contributed by atoms with E-state index >= 15 is 0 Å². The van der Waals surface area contributed by atoms with Crippen LogP contribution >= 0.6 is 0 Å². The molecule has 18 heteroatoms. The van der Waals surface area contributed by atoms with Crippen LogP contribution < -0.4 is 5.46 Å². The molecule has 3 rings (SSSR count). The second kappa shape index (κ2) is 12.7. The van der Waals surface area contributed by atoms with Crippen LogP contribution in [0.2, 0.25) is 0 Å². The first-order valence-electron chi connectivity index (χ1n) is 11.2. The molecule has 0 unspecified atom stereocenters. The average Bonchev–Trinajstić information content (AvgIpc) is 3.47. The zero-order valence-electron chi connectivity index (χ0n) is 20.2. The van der Waals surface area contributed by atoms with E-state index in [0.717, 1.165) is 9.80 Å². The van der Waals surface area contributed by atoms with Crippen LogP contribution in [-0.2, 0) is 32.3 Å². The molecule has 0 atom stereocenters. The first kappa shape index (κ1) is 28.9. The average molecular weight is 545 g/mol. The van der Waals surface area contributed by atoms with Gasteiger partial charge in [-0.3, -0.25) is 29.0 Å². The lowest BCUT2D eigenvalue weighted by atomic mass is 9.81. The Kier molecular flexibility index (Phi) is 9.45. The molecule has 0 bridgehead atoms. The summed E-state index contributed by atoms with van der Waals surface area (Å²) in [4.78, 5) is 51.0. The highest BCUT2D eigenvalue weighted by atomic mass is 16.4. The van der Waals surface area contributed by atoms with Gasteiger partial charge in [0.2, 0.25) is 0 Å². The number of hydrogen-bond acceptors (Lipinski definition) is 11. The summed E-state index contributed by atoms with van der Waals surface area (Å²) in [6.07, 6.45) is 2.94. The molecular weight excluding hydrogens is 521 g/mol. The Morgan fingerprint density at radius 1 is 0.692 bits per heavy atom. The second-order valence-corrected chi connectivity index (χ2v) is 8.36. The molecule has 0 aliphatic rings. The lowest BCUT2D eigenvalue weighted by molar-refractivity contribution is -0.144. The Labute approximate surface area is 219 Å². The molecule has 0 fully saturated rings. The highest BCUT2D eigenvalue weighted by Gasteiger charge is 2.20. The minimum atomic E-state index is -1.89. The second-order valence-electron chi connectivity index (χ2n) is 8.36. The van der Waals surface area contributed by atoms with Crippen LogP contribution in [0.15, 0.2) is 36.7 Å². The van der Waals surface area contributed by atoms with Crippen molar-refractivity contribution in [3.05, 3.63) is 48.0 Å². The van der Waals surface area contributed by atoms with Gasteiger partial charge in [-0.15, -0.1) is 0 Å². The van der Waals surface area contributed by atoms with Gasteiger partial charge in [-0.2, -0.15) is 10.2 Å². The molecule has 17 nitrogen and oxygen atoms in total. The van der Waals surface area contributed by atoms with Gasteiger partial charge in [-0.25, -0.2) is 14.3 Å². The smallest absolute Gasteiger partial charge is 0.480 e. The van der Waals surface area contributed by atoms with Crippen molar-refractivity contribution < 1.29 is 49.7 Å². The quantitative estimate of drug-likeness (QED) is 0.105. The van der Waals surface area contributed by atoms with Crippen molar-refractivity contribution in [3.8, 4) is 11.6 Å². The maximum absolute atomic E-state index is 11.1. The van der Waals surface area contributed by atoms with Crippen molar-refractivity contribution >= 4 is 36.5 Å². The molecule has 3 heterocycles. The van der Waals surface area contributed by atoms with Gasteiger partial charge in [0.25, 0.3) is 0 Å². The summed E-state index contributed by atoms with van der Waals surface area (Å²) in [7, 11) is -1.89. The van der Waals surface area contributed by atoms with E-state index in [1.807, 2.05) is 0 Å². The van der Waals surface area contributed by atoms with Crippen LogP contribution in [0, 0.1) is 0 Å². The van der Waals surface area contributed by atoms with Crippen LogP contribution in [0.4, 0.5) is 0 Å². The van der Waals surface area contributed by atoms with Gasteiger partial charge in [0.15, 0.2) is 11.6 Å². The Morgan fingerprint density at radius 2 is 1.05 bits per heavy atom. The molecule has 0 aliphatic carbocycles. The predicted octanol–water partition coefficient (Wildman–Crippen LogP) is -2.92. The number of nitrogens with zero attached hydrogens (tertiary/aromatic N) is 7. The number of pyridine rings is 1. The SMILES string of the molecule is O=C(O)CN(CC(=O)O)Cc1ccn(-c2cc(B(O)O)cc(-n3ccc(CN(CC(=O)O)CC(=O)O)n3)n2)n1. The normalized spacial score (nSPS) is 11.2. The number of carboxylic acid groups (broad SMARTS) is 4. The fraction of sp³-hybridized carbons (Fsp3) is 0.286. The van der Waals surface area contributed by atoms with Crippen LogP contribution in [0.1, 0.15) is 11.4 Å². The van der Waals surface area contributed by atoms with Gasteiger partial charge in [0.05, 0.1) is 37.6 Å². The van der Waals surface area contributed by atoms with E-state index < -0.39 is 57.2 Å². The lowest BCUT2D eigenvalue weighted by Crippen LogP contribution is -2.34. The molecule has 0 amide bonds. The van der Waals surface area contributed by atoms with Gasteiger partial charge >= 0.3 is 31.0 Å². The van der Waals surface area contributed by atoms with E-state index in [1.54, 1.807) is 0 Å². The number of rotatable bonds is 15. The van der Waals surface area contributed by atoms with Gasteiger partial charge in [-0.05, 0) is 29.7 Å². The molecule has 3 aromatic rings. The summed E-state index contributed by atoms with van der Waals surface area (Å²) < 4.78 is 2.55. The summed E-state index contributed by atoms with van der Waals surface area (Å²) in [5, 5.41) is 64.2. The van der Waals surface area contributed by atoms with E-state index in [1.165, 1.54) is 46.0 Å². The molecule has 6 N–H and O–H groups in total. The number of carbonyl (C=O) groups is 4. The maximum atomic E-state index is 11.1. The van der Waals surface area contributed by atoms with Gasteiger partial charge in [0.1, 0.15) is 0 Å². The standard InChI is InChI=1S/C21H24BN7O10/c30-18(31)9-26(10-19(32)33)7-14-1-3-28(24-14)16-5-13(22(38)39)6-17(23-16)29-4-2-15(25-29)8-27(11-20(34)35)12-21(36)37/h1-6,38-39H,7-12H2,(H,30,31)(H,32,33)(H,34,35)(H,36,37). The van der Waals surface area contributed by atoms with E-state index in [2.05, 4.69) is 15.2 Å². The molecule has 39 heavy (non-hydrogen) atoms. The maximum Gasteiger partial charge on any atom is 0.488 e. The molecule has 3 aromatic heterocycles. The van der Waals surface area contributed by atoms with Crippen molar-refractivity contribution in [1.29, 1.82) is 0 Å². The van der Waals surface area contributed by atoms with Crippen molar-refractivity contribution in [2.45, 2.75) is 13.1 Å². The van der Waals surface area contributed by atoms with E-state index in [9.17, 15) is 29.2 Å². The van der Waals surface area contributed by atoms with Crippen molar-refractivity contribution in [2.24, 2.45) is 0 Å². The Morgan fingerprint density at radius 3 is 1.36 bits per heavy atom. The van der Waals surface area contributed by atoms with Gasteiger partial charge in [0, 0.05) is 25.5 Å². The molecule has 0 radical (unpaired) electrons. The molecule has 206 valence electrons. The van der Waals surface area contributed by atoms with Crippen molar-refractivity contribution in [3.63, 3.8) is 0 Å². The molecular formula is C21H24BN7O10. The third kappa shape index (κ3) is 8.71. The van der Waals surface area contributed by atoms with Crippen LogP contribution in [0.3, 0.4) is 0 Å². The highest BCUT2D eigenvalue weighted by Crippen LogP contribution is 2.12. The summed E-state index contributed by atoms with van der Waals surface area (Å²) in [6.45, 7) is -2.27. The molecule has 0 spiro atoms. The summed E-state index contributed by atoms with van der Waals surface area (Å²) in [6, 6.07) is 5.71. The fourth-order valence-electron chi connectivity index (χ4n) is 3.61. The molecule has 0 saturated heterocycles. The van der Waals surface area contributed by atoms with E-state index in [-0.39, 0.29) is 30.2 Å². The Balaban J connectivity index is 1.87. The van der Waals surface area contributed by atoms with Crippen molar-refractivity contribution in [2.75, 3.05) is 26.2 Å². The fourth-order valence-corrected chi connectivity index (χ4v) is 3.61. The topological polar surface area (TPSA) is 245 Å². The number of aliphatic carboxylic acids is 4. The first-order chi connectivity index (χ1) is 18.4. The minimum absolute atomic E-state index is 0.0286. The van der Waals surface area contributed by atoms with Crippen LogP contribution in [0.25, 0.3) is 11.6 Å². The van der Waals surface area contributed by atoms with E-state index in [0.29, 0.717) is 11.4 Å². The molecule has 0 aliphatic heterocycles. The van der Waals surface area contributed by atoms with Crippen LogP contribution in [0.5, 0.6) is 0 Å². The number of aromatic nitrogens is 5. The highest BCUT2D eigenvalue weighted by molar-refractivity contribution is 6.58. The number of carboxylic acids is 4. The zero-order valence-corrected chi connectivity index (χ0v) is 20.2. The lowest BCUT2D eigenvalue weighted by Gasteiger charge is -2.16. The molecule has 0 aromatic carbocycles. The summed E-state index contributed by atoms with van der Waals surface area (Å²) >= 11 is 0. The Hall–Kier alpha value is -4.65. The monoisotopic (exact) mass is 545 g/mol. The van der Waals surface area contributed by atoms with Gasteiger partial charge < -0.3 is 30.5 Å². The van der Waals surface area contributed by atoms with E-state index in [4.69, 9.17) is 20.4 Å². The Bertz CT molecular complexity index is 1230. The first-order valence-corrected chi connectivity index (χ1v) is 11.2. The molecule has 0 saturated carbocycles. The van der Waals surface area contributed by atoms with Gasteiger partial charge in [-0.1, -0.05) is 0 Å². The van der Waals surface area contributed by atoms with Crippen molar-refractivity contribution in [1.82, 2.24) is 34.3 Å². The third-order valence-electron chi connectivity index (χ3n) is 5.08. The summed E-state index contributed by atoms with van der Waals surface area (Å²) in [5.41, 5.74) is 0.684. The minimum Gasteiger partial charge on any atom is -0.480 e. The third-order valence-corrected chi connectivity index (χ3v) is 5.08.